The number of hydrogen-bond donors (Lipinski definition) is 1. The van der Waals surface area contributed by atoms with Crippen molar-refractivity contribution in [3.8, 4) is 0 Å². The van der Waals surface area contributed by atoms with Crippen molar-refractivity contribution in [3.63, 3.8) is 0 Å². The summed E-state index contributed by atoms with van der Waals surface area (Å²) in [5.41, 5.74) is -0.537. The van der Waals surface area contributed by atoms with Gasteiger partial charge in [-0.05, 0) is 58.3 Å². The molecule has 1 N–H and O–H groups in total. The van der Waals surface area contributed by atoms with Crippen LogP contribution in [0.1, 0.15) is 72.1 Å². The van der Waals surface area contributed by atoms with Crippen LogP contribution in [-0.2, 0) is 14.3 Å². The molecule has 3 aliphatic rings. The average Bonchev–Trinajstić information content (AvgIpc) is 3.18. The molecule has 5 nitrogen and oxygen atoms in total. The van der Waals surface area contributed by atoms with Crippen molar-refractivity contribution in [3.05, 3.63) is 0 Å². The molecule has 1 atom stereocenters. The Balaban J connectivity index is 1.83. The lowest BCUT2D eigenvalue weighted by Crippen LogP contribution is -2.58. The van der Waals surface area contributed by atoms with E-state index >= 15 is 0 Å². The fourth-order valence-corrected chi connectivity index (χ4v) is 4.56. The monoisotopic (exact) mass is 336 g/mol. The summed E-state index contributed by atoms with van der Waals surface area (Å²) in [6, 6.07) is -0.391. The lowest BCUT2D eigenvalue weighted by molar-refractivity contribution is -0.165. The van der Waals surface area contributed by atoms with Crippen LogP contribution in [0, 0.1) is 11.8 Å². The van der Waals surface area contributed by atoms with Gasteiger partial charge in [0.15, 0.2) is 0 Å². The molecule has 3 rings (SSSR count). The van der Waals surface area contributed by atoms with E-state index in [1.807, 2.05) is 18.7 Å². The third-order valence-corrected chi connectivity index (χ3v) is 5.99. The molecule has 2 amide bonds. The molecular formula is C19H32N2O3. The van der Waals surface area contributed by atoms with Crippen LogP contribution in [0.2, 0.25) is 0 Å². The van der Waals surface area contributed by atoms with Crippen molar-refractivity contribution in [2.75, 3.05) is 6.61 Å². The quantitative estimate of drug-likeness (QED) is 0.862. The van der Waals surface area contributed by atoms with Crippen LogP contribution >= 0.6 is 0 Å². The highest BCUT2D eigenvalue weighted by atomic mass is 16.5. The van der Waals surface area contributed by atoms with Crippen LogP contribution in [0.4, 0.5) is 0 Å². The SMILES string of the molecule is CC1CCC2(CC1)OCC(C(=O)NC(C)C)N2C(=O)C1CCCC1. The van der Waals surface area contributed by atoms with Crippen molar-refractivity contribution in [2.24, 2.45) is 11.8 Å². The van der Waals surface area contributed by atoms with Gasteiger partial charge in [0.05, 0.1) is 6.61 Å². The molecule has 1 saturated heterocycles. The molecule has 136 valence electrons. The van der Waals surface area contributed by atoms with Crippen LogP contribution in [0.25, 0.3) is 0 Å². The van der Waals surface area contributed by atoms with E-state index in [1.54, 1.807) is 0 Å². The number of ether oxygens (including phenoxy) is 1. The van der Waals surface area contributed by atoms with Crippen LogP contribution in [-0.4, -0.2) is 41.1 Å². The largest absolute Gasteiger partial charge is 0.353 e. The molecule has 0 aromatic carbocycles. The standard InChI is InChI=1S/C19H32N2O3/c1-13(2)20-17(22)16-12-24-19(10-8-14(3)9-11-19)21(16)18(23)15-6-4-5-7-15/h13-16H,4-12H2,1-3H3,(H,20,22). The predicted octanol–water partition coefficient (Wildman–Crippen LogP) is 2.84. The maximum Gasteiger partial charge on any atom is 0.245 e. The third-order valence-electron chi connectivity index (χ3n) is 5.99. The molecule has 1 heterocycles. The Morgan fingerprint density at radius 2 is 1.75 bits per heavy atom. The number of carbonyl (C=O) groups excluding carboxylic acids is 2. The molecule has 1 unspecified atom stereocenters. The van der Waals surface area contributed by atoms with Crippen molar-refractivity contribution < 1.29 is 14.3 Å². The number of nitrogens with zero attached hydrogens (tertiary/aromatic N) is 1. The van der Waals surface area contributed by atoms with Gasteiger partial charge >= 0.3 is 0 Å². The van der Waals surface area contributed by atoms with E-state index in [0.717, 1.165) is 51.4 Å². The molecule has 1 spiro atoms. The molecule has 2 aliphatic carbocycles. The summed E-state index contributed by atoms with van der Waals surface area (Å²) >= 11 is 0. The Labute approximate surface area is 145 Å². The molecule has 5 heteroatoms. The van der Waals surface area contributed by atoms with Gasteiger partial charge in [0.1, 0.15) is 11.8 Å². The zero-order valence-corrected chi connectivity index (χ0v) is 15.3. The maximum absolute atomic E-state index is 13.3. The predicted molar refractivity (Wildman–Crippen MR) is 92.2 cm³/mol. The van der Waals surface area contributed by atoms with Crippen LogP contribution in [0.5, 0.6) is 0 Å². The summed E-state index contributed by atoms with van der Waals surface area (Å²) in [6.07, 6.45) is 8.01. The number of nitrogens with one attached hydrogen (secondary N) is 1. The fraction of sp³-hybridized carbons (Fsp3) is 0.895. The van der Waals surface area contributed by atoms with Gasteiger partial charge in [-0.3, -0.25) is 14.5 Å². The highest BCUT2D eigenvalue weighted by Crippen LogP contribution is 2.44. The molecule has 2 saturated carbocycles. The average molecular weight is 336 g/mol. The van der Waals surface area contributed by atoms with Crippen molar-refractivity contribution in [1.82, 2.24) is 10.2 Å². The van der Waals surface area contributed by atoms with Crippen molar-refractivity contribution >= 4 is 11.8 Å². The van der Waals surface area contributed by atoms with Gasteiger partial charge in [-0.25, -0.2) is 0 Å². The molecule has 0 radical (unpaired) electrons. The molecule has 3 fully saturated rings. The third kappa shape index (κ3) is 3.32. The lowest BCUT2D eigenvalue weighted by Gasteiger charge is -2.44. The minimum absolute atomic E-state index is 0.0631. The summed E-state index contributed by atoms with van der Waals surface area (Å²) in [6.45, 7) is 6.50. The van der Waals surface area contributed by atoms with Crippen LogP contribution in [0.3, 0.4) is 0 Å². The molecule has 1 aliphatic heterocycles. The molecular weight excluding hydrogens is 304 g/mol. The van der Waals surface area contributed by atoms with E-state index < -0.39 is 11.8 Å². The lowest BCUT2D eigenvalue weighted by atomic mass is 9.83. The summed E-state index contributed by atoms with van der Waals surface area (Å²) < 4.78 is 6.18. The van der Waals surface area contributed by atoms with Crippen molar-refractivity contribution in [1.29, 1.82) is 0 Å². The Morgan fingerprint density at radius 1 is 1.12 bits per heavy atom. The fourth-order valence-electron chi connectivity index (χ4n) is 4.56. The van der Waals surface area contributed by atoms with E-state index in [9.17, 15) is 9.59 Å². The molecule has 24 heavy (non-hydrogen) atoms. The van der Waals surface area contributed by atoms with E-state index in [1.165, 1.54) is 0 Å². The Morgan fingerprint density at radius 3 is 2.33 bits per heavy atom. The zero-order valence-electron chi connectivity index (χ0n) is 15.3. The molecule has 0 bridgehead atoms. The Bertz CT molecular complexity index is 477. The first-order valence-corrected chi connectivity index (χ1v) is 9.70. The van der Waals surface area contributed by atoms with Crippen LogP contribution in [0.15, 0.2) is 0 Å². The van der Waals surface area contributed by atoms with Crippen LogP contribution < -0.4 is 5.32 Å². The topological polar surface area (TPSA) is 58.6 Å². The first kappa shape index (κ1) is 17.7. The second-order valence-electron chi connectivity index (χ2n) is 8.31. The summed E-state index contributed by atoms with van der Waals surface area (Å²) in [4.78, 5) is 27.8. The first-order chi connectivity index (χ1) is 11.4. The minimum atomic E-state index is -0.537. The minimum Gasteiger partial charge on any atom is -0.353 e. The van der Waals surface area contributed by atoms with Gasteiger partial charge in [0, 0.05) is 12.0 Å². The van der Waals surface area contributed by atoms with E-state index in [-0.39, 0.29) is 23.8 Å². The number of hydrogen-bond acceptors (Lipinski definition) is 3. The highest BCUT2D eigenvalue weighted by Gasteiger charge is 2.54. The smallest absolute Gasteiger partial charge is 0.245 e. The normalized spacial score (nSPS) is 34.2. The van der Waals surface area contributed by atoms with E-state index in [0.29, 0.717) is 12.5 Å². The van der Waals surface area contributed by atoms with Gasteiger partial charge < -0.3 is 10.1 Å². The number of carbonyl (C=O) groups is 2. The zero-order chi connectivity index (χ0) is 17.3. The number of rotatable bonds is 3. The van der Waals surface area contributed by atoms with Gasteiger partial charge in [0.2, 0.25) is 11.8 Å². The maximum atomic E-state index is 13.3. The van der Waals surface area contributed by atoms with Gasteiger partial charge in [0.25, 0.3) is 0 Å². The molecule has 0 aromatic heterocycles. The molecule has 0 aromatic rings. The van der Waals surface area contributed by atoms with Gasteiger partial charge in [-0.1, -0.05) is 19.8 Å². The van der Waals surface area contributed by atoms with Crippen molar-refractivity contribution in [2.45, 2.75) is 89.9 Å². The van der Waals surface area contributed by atoms with Gasteiger partial charge in [-0.2, -0.15) is 0 Å². The second kappa shape index (κ2) is 7.03. The summed E-state index contributed by atoms with van der Waals surface area (Å²) in [5.74, 6) is 0.846. The second-order valence-corrected chi connectivity index (χ2v) is 8.31. The Kier molecular flexibility index (Phi) is 5.19. The van der Waals surface area contributed by atoms with E-state index in [4.69, 9.17) is 4.74 Å². The van der Waals surface area contributed by atoms with Gasteiger partial charge in [-0.15, -0.1) is 0 Å². The summed E-state index contributed by atoms with van der Waals surface area (Å²) in [7, 11) is 0. The first-order valence-electron chi connectivity index (χ1n) is 9.70. The Hall–Kier alpha value is -1.10. The highest BCUT2D eigenvalue weighted by molar-refractivity contribution is 5.90. The van der Waals surface area contributed by atoms with E-state index in [2.05, 4.69) is 12.2 Å². The number of amides is 2. The summed E-state index contributed by atoms with van der Waals surface area (Å²) in [5, 5.41) is 2.98.